The SMILES string of the molecule is C=C(c1ccc2nc(-c3cccc4ccccc34)[nH]c2c1)N1CCN(C)CC1. The zero-order chi connectivity index (χ0) is 19.1. The smallest absolute Gasteiger partial charge is 0.139 e. The highest BCUT2D eigenvalue weighted by Gasteiger charge is 2.17. The van der Waals surface area contributed by atoms with Gasteiger partial charge in [0.1, 0.15) is 5.82 Å². The normalized spacial score (nSPS) is 15.4. The number of likely N-dealkylation sites (N-methyl/N-ethyl adjacent to an activating group) is 1. The van der Waals surface area contributed by atoms with E-state index in [1.54, 1.807) is 0 Å². The van der Waals surface area contributed by atoms with Crippen molar-refractivity contribution in [2.75, 3.05) is 33.2 Å². The molecule has 0 bridgehead atoms. The third kappa shape index (κ3) is 2.96. The summed E-state index contributed by atoms with van der Waals surface area (Å²) in [7, 11) is 2.17. The Balaban J connectivity index is 1.51. The minimum absolute atomic E-state index is 0.911. The van der Waals surface area contributed by atoms with Crippen LogP contribution in [-0.2, 0) is 0 Å². The molecule has 2 heterocycles. The van der Waals surface area contributed by atoms with Crippen LogP contribution in [0.4, 0.5) is 0 Å². The maximum atomic E-state index is 4.85. The average molecular weight is 368 g/mol. The third-order valence-electron chi connectivity index (χ3n) is 5.74. The molecule has 1 fully saturated rings. The van der Waals surface area contributed by atoms with Gasteiger partial charge in [-0.05, 0) is 35.5 Å². The molecule has 4 nitrogen and oxygen atoms in total. The molecule has 1 aromatic heterocycles. The maximum Gasteiger partial charge on any atom is 0.139 e. The van der Waals surface area contributed by atoms with E-state index in [0.29, 0.717) is 0 Å². The van der Waals surface area contributed by atoms with Crippen molar-refractivity contribution < 1.29 is 0 Å². The Kier molecular flexibility index (Phi) is 4.14. The summed E-state index contributed by atoms with van der Waals surface area (Å²) >= 11 is 0. The highest BCUT2D eigenvalue weighted by Crippen LogP contribution is 2.29. The third-order valence-corrected chi connectivity index (χ3v) is 5.74. The summed E-state index contributed by atoms with van der Waals surface area (Å²) in [4.78, 5) is 13.1. The fraction of sp³-hybridized carbons (Fsp3) is 0.208. The van der Waals surface area contributed by atoms with Gasteiger partial charge in [0.2, 0.25) is 0 Å². The number of benzene rings is 3. The Morgan fingerprint density at radius 3 is 2.61 bits per heavy atom. The molecule has 3 aromatic carbocycles. The van der Waals surface area contributed by atoms with Crippen LogP contribution < -0.4 is 0 Å². The molecule has 140 valence electrons. The number of rotatable bonds is 3. The summed E-state index contributed by atoms with van der Waals surface area (Å²) in [6, 6.07) is 21.2. The molecule has 0 unspecified atom stereocenters. The number of imidazole rings is 1. The summed E-state index contributed by atoms with van der Waals surface area (Å²) in [6.07, 6.45) is 0. The highest BCUT2D eigenvalue weighted by atomic mass is 15.2. The number of aromatic amines is 1. The van der Waals surface area contributed by atoms with E-state index in [0.717, 1.165) is 59.9 Å². The van der Waals surface area contributed by atoms with E-state index in [4.69, 9.17) is 4.98 Å². The molecule has 0 amide bonds. The topological polar surface area (TPSA) is 35.2 Å². The van der Waals surface area contributed by atoms with Crippen LogP contribution >= 0.6 is 0 Å². The second kappa shape index (κ2) is 6.80. The van der Waals surface area contributed by atoms with Crippen LogP contribution in [0.2, 0.25) is 0 Å². The molecule has 0 atom stereocenters. The fourth-order valence-electron chi connectivity index (χ4n) is 4.01. The number of H-pyrrole nitrogens is 1. The van der Waals surface area contributed by atoms with Crippen molar-refractivity contribution >= 4 is 27.5 Å². The van der Waals surface area contributed by atoms with Crippen LogP contribution in [0.1, 0.15) is 5.56 Å². The van der Waals surface area contributed by atoms with Crippen molar-refractivity contribution in [3.05, 3.63) is 72.8 Å². The predicted octanol–water partition coefficient (Wildman–Crippen LogP) is 4.60. The fourth-order valence-corrected chi connectivity index (χ4v) is 4.01. The van der Waals surface area contributed by atoms with E-state index in [1.807, 2.05) is 0 Å². The zero-order valence-electron chi connectivity index (χ0n) is 16.2. The Labute approximate surface area is 165 Å². The van der Waals surface area contributed by atoms with E-state index in [9.17, 15) is 0 Å². The number of piperazine rings is 1. The van der Waals surface area contributed by atoms with Crippen LogP contribution in [0, 0.1) is 0 Å². The number of hydrogen-bond acceptors (Lipinski definition) is 3. The lowest BCUT2D eigenvalue weighted by molar-refractivity contribution is 0.207. The maximum absolute atomic E-state index is 4.85. The van der Waals surface area contributed by atoms with Gasteiger partial charge in [0.15, 0.2) is 0 Å². The Morgan fingerprint density at radius 1 is 0.964 bits per heavy atom. The van der Waals surface area contributed by atoms with E-state index in [1.165, 1.54) is 10.8 Å². The van der Waals surface area contributed by atoms with Crippen LogP contribution in [-0.4, -0.2) is 53.0 Å². The van der Waals surface area contributed by atoms with Crippen molar-refractivity contribution in [2.45, 2.75) is 0 Å². The van der Waals surface area contributed by atoms with Gasteiger partial charge in [-0.15, -0.1) is 0 Å². The molecular formula is C24H24N4. The van der Waals surface area contributed by atoms with Crippen molar-refractivity contribution in [1.82, 2.24) is 19.8 Å². The van der Waals surface area contributed by atoms with Gasteiger partial charge in [-0.1, -0.05) is 55.1 Å². The molecule has 0 aliphatic carbocycles. The predicted molar refractivity (Wildman–Crippen MR) is 117 cm³/mol. The van der Waals surface area contributed by atoms with Gasteiger partial charge in [-0.2, -0.15) is 0 Å². The minimum atomic E-state index is 0.911. The van der Waals surface area contributed by atoms with Gasteiger partial charge in [-0.25, -0.2) is 4.98 Å². The summed E-state index contributed by atoms with van der Waals surface area (Å²) in [5, 5.41) is 2.44. The lowest BCUT2D eigenvalue weighted by Crippen LogP contribution is -2.43. The number of nitrogens with one attached hydrogen (secondary N) is 1. The summed E-state index contributed by atoms with van der Waals surface area (Å²) < 4.78 is 0. The van der Waals surface area contributed by atoms with Crippen LogP contribution in [0.25, 0.3) is 38.9 Å². The van der Waals surface area contributed by atoms with Gasteiger partial charge in [0, 0.05) is 37.4 Å². The molecule has 1 saturated heterocycles. The molecule has 28 heavy (non-hydrogen) atoms. The largest absolute Gasteiger partial charge is 0.369 e. The van der Waals surface area contributed by atoms with Gasteiger partial charge in [0.25, 0.3) is 0 Å². The molecule has 4 aromatic rings. The number of aromatic nitrogens is 2. The molecule has 0 spiro atoms. The molecule has 1 aliphatic heterocycles. The number of nitrogens with zero attached hydrogens (tertiary/aromatic N) is 3. The van der Waals surface area contributed by atoms with Gasteiger partial charge < -0.3 is 14.8 Å². The highest BCUT2D eigenvalue weighted by molar-refractivity contribution is 5.96. The summed E-state index contributed by atoms with van der Waals surface area (Å²) in [5.41, 5.74) is 5.42. The summed E-state index contributed by atoms with van der Waals surface area (Å²) in [5.74, 6) is 0.911. The minimum Gasteiger partial charge on any atom is -0.369 e. The van der Waals surface area contributed by atoms with Gasteiger partial charge in [0.05, 0.1) is 11.0 Å². The first-order chi connectivity index (χ1) is 13.7. The first kappa shape index (κ1) is 17.0. The Bertz CT molecular complexity index is 1160. The molecule has 1 N–H and O–H groups in total. The second-order valence-electron chi connectivity index (χ2n) is 7.58. The Morgan fingerprint density at radius 2 is 1.75 bits per heavy atom. The van der Waals surface area contributed by atoms with Gasteiger partial charge in [-0.3, -0.25) is 0 Å². The quantitative estimate of drug-likeness (QED) is 0.574. The molecule has 1 aliphatic rings. The van der Waals surface area contributed by atoms with Gasteiger partial charge >= 0.3 is 0 Å². The molecule has 0 radical (unpaired) electrons. The van der Waals surface area contributed by atoms with Crippen LogP contribution in [0.3, 0.4) is 0 Å². The lowest BCUT2D eigenvalue weighted by atomic mass is 10.0. The van der Waals surface area contributed by atoms with E-state index < -0.39 is 0 Å². The zero-order valence-corrected chi connectivity index (χ0v) is 16.2. The average Bonchev–Trinajstić information content (AvgIpc) is 3.16. The van der Waals surface area contributed by atoms with E-state index in [2.05, 4.69) is 89.1 Å². The second-order valence-corrected chi connectivity index (χ2v) is 7.58. The van der Waals surface area contributed by atoms with Crippen molar-refractivity contribution in [3.63, 3.8) is 0 Å². The monoisotopic (exact) mass is 368 g/mol. The molecule has 4 heteroatoms. The van der Waals surface area contributed by atoms with Crippen LogP contribution in [0.15, 0.2) is 67.2 Å². The molecule has 5 rings (SSSR count). The summed E-state index contributed by atoms with van der Waals surface area (Å²) in [6.45, 7) is 8.57. The van der Waals surface area contributed by atoms with Crippen molar-refractivity contribution in [3.8, 4) is 11.4 Å². The number of fused-ring (bicyclic) bond motifs is 2. The van der Waals surface area contributed by atoms with Crippen molar-refractivity contribution in [2.24, 2.45) is 0 Å². The standard InChI is InChI=1S/C24H24N4/c1-17(28-14-12-27(2)13-15-28)19-10-11-22-23(16-19)26-24(25-22)21-9-5-7-18-6-3-4-8-20(18)21/h3-11,16H,1,12-15H2,2H3,(H,25,26). The Hall–Kier alpha value is -3.11. The lowest BCUT2D eigenvalue weighted by Gasteiger charge is -2.35. The molecule has 0 saturated carbocycles. The first-order valence-corrected chi connectivity index (χ1v) is 9.80. The molecular weight excluding hydrogens is 344 g/mol. The van der Waals surface area contributed by atoms with Crippen LogP contribution in [0.5, 0.6) is 0 Å². The number of hydrogen-bond donors (Lipinski definition) is 1. The first-order valence-electron chi connectivity index (χ1n) is 9.80. The van der Waals surface area contributed by atoms with Crippen molar-refractivity contribution in [1.29, 1.82) is 0 Å². The van der Waals surface area contributed by atoms with E-state index >= 15 is 0 Å². The van der Waals surface area contributed by atoms with E-state index in [-0.39, 0.29) is 0 Å².